The van der Waals surface area contributed by atoms with E-state index in [0.717, 1.165) is 10.5 Å². The zero-order valence-corrected chi connectivity index (χ0v) is 18.1. The van der Waals surface area contributed by atoms with Crippen molar-refractivity contribution in [3.63, 3.8) is 0 Å². The van der Waals surface area contributed by atoms with Gasteiger partial charge in [0.05, 0.1) is 30.0 Å². The molecule has 0 fully saturated rings. The number of nitrogens with zero attached hydrogens (tertiary/aromatic N) is 2. The molecule has 0 bridgehead atoms. The zero-order valence-electron chi connectivity index (χ0n) is 17.3. The van der Waals surface area contributed by atoms with E-state index in [0.29, 0.717) is 33.3 Å². The van der Waals surface area contributed by atoms with Gasteiger partial charge >= 0.3 is 0 Å². The van der Waals surface area contributed by atoms with E-state index >= 15 is 0 Å². The van der Waals surface area contributed by atoms with E-state index in [1.165, 1.54) is 0 Å². The molecule has 0 radical (unpaired) electrons. The van der Waals surface area contributed by atoms with Gasteiger partial charge in [-0.15, -0.1) is 0 Å². The van der Waals surface area contributed by atoms with Crippen LogP contribution in [0.2, 0.25) is 5.02 Å². The van der Waals surface area contributed by atoms with E-state index in [2.05, 4.69) is 5.32 Å². The normalized spacial score (nSPS) is 13.4. The van der Waals surface area contributed by atoms with E-state index in [4.69, 9.17) is 21.6 Å². The van der Waals surface area contributed by atoms with Crippen LogP contribution in [0.5, 0.6) is 5.75 Å². The van der Waals surface area contributed by atoms with E-state index in [1.807, 2.05) is 13.0 Å². The highest BCUT2D eigenvalue weighted by molar-refractivity contribution is 6.46. The maximum atomic E-state index is 13.5. The Hall–Kier alpha value is -4.08. The van der Waals surface area contributed by atoms with Crippen LogP contribution in [-0.2, 0) is 9.59 Å². The van der Waals surface area contributed by atoms with Gasteiger partial charge in [-0.2, -0.15) is 5.26 Å². The molecule has 32 heavy (non-hydrogen) atoms. The molecule has 7 heteroatoms. The number of nitriles is 1. The lowest BCUT2D eigenvalue weighted by molar-refractivity contribution is -0.120. The van der Waals surface area contributed by atoms with Crippen molar-refractivity contribution in [2.75, 3.05) is 17.3 Å². The Morgan fingerprint density at radius 1 is 0.969 bits per heavy atom. The first-order chi connectivity index (χ1) is 15.4. The summed E-state index contributed by atoms with van der Waals surface area (Å²) in [7, 11) is 1.56. The summed E-state index contributed by atoms with van der Waals surface area (Å²) < 4.78 is 5.21. The highest BCUT2D eigenvalue weighted by atomic mass is 35.5. The second-order valence-electron chi connectivity index (χ2n) is 7.12. The highest BCUT2D eigenvalue weighted by Crippen LogP contribution is 2.35. The number of hydrogen-bond donors (Lipinski definition) is 1. The molecule has 6 nitrogen and oxygen atoms in total. The highest BCUT2D eigenvalue weighted by Gasteiger charge is 2.40. The summed E-state index contributed by atoms with van der Waals surface area (Å²) >= 11 is 6.25. The summed E-state index contributed by atoms with van der Waals surface area (Å²) in [5.74, 6) is -0.327. The third-order valence-electron chi connectivity index (χ3n) is 5.24. The average Bonchev–Trinajstić information content (AvgIpc) is 3.06. The van der Waals surface area contributed by atoms with Crippen molar-refractivity contribution in [3.05, 3.63) is 94.1 Å². The Balaban J connectivity index is 1.83. The molecule has 3 aromatic carbocycles. The van der Waals surface area contributed by atoms with Crippen LogP contribution in [0.3, 0.4) is 0 Å². The number of rotatable bonds is 5. The van der Waals surface area contributed by atoms with Crippen LogP contribution in [0.4, 0.5) is 11.4 Å². The first-order valence-corrected chi connectivity index (χ1v) is 10.1. The van der Waals surface area contributed by atoms with Crippen LogP contribution in [0.25, 0.3) is 5.57 Å². The van der Waals surface area contributed by atoms with Gasteiger partial charge < -0.3 is 10.1 Å². The van der Waals surface area contributed by atoms with Gasteiger partial charge in [-0.1, -0.05) is 29.8 Å². The lowest BCUT2D eigenvalue weighted by Gasteiger charge is -2.16. The Morgan fingerprint density at radius 3 is 2.28 bits per heavy atom. The molecule has 0 saturated carbocycles. The van der Waals surface area contributed by atoms with Crippen LogP contribution in [0, 0.1) is 18.3 Å². The number of halogens is 1. The van der Waals surface area contributed by atoms with Gasteiger partial charge in [-0.25, -0.2) is 4.90 Å². The number of nitrogens with one attached hydrogen (secondary N) is 1. The molecule has 1 aliphatic heterocycles. The minimum Gasteiger partial charge on any atom is -0.497 e. The number of benzene rings is 3. The van der Waals surface area contributed by atoms with Crippen LogP contribution in [-0.4, -0.2) is 18.9 Å². The van der Waals surface area contributed by atoms with Crippen molar-refractivity contribution >= 4 is 40.4 Å². The number of hydrogen-bond acceptors (Lipinski definition) is 5. The van der Waals surface area contributed by atoms with Gasteiger partial charge in [-0.3, -0.25) is 9.59 Å². The zero-order chi connectivity index (χ0) is 22.8. The number of anilines is 2. The predicted octanol–water partition coefficient (Wildman–Crippen LogP) is 4.93. The molecular formula is C25H18ClN3O3. The molecule has 3 aromatic rings. The van der Waals surface area contributed by atoms with E-state index in [1.54, 1.807) is 73.8 Å². The molecule has 0 saturated heterocycles. The minimum absolute atomic E-state index is 0.148. The van der Waals surface area contributed by atoms with Gasteiger partial charge in [0.1, 0.15) is 11.4 Å². The van der Waals surface area contributed by atoms with Gasteiger partial charge in [0.2, 0.25) is 0 Å². The summed E-state index contributed by atoms with van der Waals surface area (Å²) in [6.07, 6.45) is 0. The monoisotopic (exact) mass is 443 g/mol. The van der Waals surface area contributed by atoms with Crippen molar-refractivity contribution in [2.24, 2.45) is 0 Å². The smallest absolute Gasteiger partial charge is 0.282 e. The lowest BCUT2D eigenvalue weighted by Crippen LogP contribution is -2.32. The summed E-state index contributed by atoms with van der Waals surface area (Å²) in [5, 5.41) is 12.7. The average molecular weight is 444 g/mol. The summed E-state index contributed by atoms with van der Waals surface area (Å²) in [4.78, 5) is 28.0. The predicted molar refractivity (Wildman–Crippen MR) is 123 cm³/mol. The molecule has 158 valence electrons. The molecule has 1 heterocycles. The minimum atomic E-state index is -0.495. The molecule has 0 spiro atoms. The fourth-order valence-electron chi connectivity index (χ4n) is 3.47. The Labute approximate surface area is 190 Å². The maximum absolute atomic E-state index is 13.5. The number of carbonyl (C=O) groups is 2. The Morgan fingerprint density at radius 2 is 1.66 bits per heavy atom. The van der Waals surface area contributed by atoms with Crippen molar-refractivity contribution in [1.82, 2.24) is 0 Å². The van der Waals surface area contributed by atoms with E-state index < -0.39 is 11.8 Å². The summed E-state index contributed by atoms with van der Waals surface area (Å²) in [6, 6.07) is 20.6. The third kappa shape index (κ3) is 3.70. The van der Waals surface area contributed by atoms with Crippen LogP contribution in [0.1, 0.15) is 16.7 Å². The number of imide groups is 1. The molecule has 0 atom stereocenters. The van der Waals surface area contributed by atoms with Crippen LogP contribution < -0.4 is 15.0 Å². The molecule has 0 aromatic heterocycles. The third-order valence-corrected chi connectivity index (χ3v) is 5.65. The van der Waals surface area contributed by atoms with Crippen molar-refractivity contribution in [1.29, 1.82) is 5.26 Å². The molecule has 1 aliphatic rings. The number of ether oxygens (including phenoxy) is 1. The van der Waals surface area contributed by atoms with Gasteiger partial charge in [-0.05, 0) is 66.6 Å². The first-order valence-electron chi connectivity index (χ1n) is 9.74. The molecule has 0 aliphatic carbocycles. The van der Waals surface area contributed by atoms with Crippen LogP contribution in [0.15, 0.2) is 72.4 Å². The van der Waals surface area contributed by atoms with Crippen molar-refractivity contribution in [3.8, 4) is 11.8 Å². The molecule has 1 N–H and O–H groups in total. The van der Waals surface area contributed by atoms with E-state index in [9.17, 15) is 9.59 Å². The first kappa shape index (κ1) is 21.2. The van der Waals surface area contributed by atoms with Gasteiger partial charge in [0.25, 0.3) is 11.8 Å². The summed E-state index contributed by atoms with van der Waals surface area (Å²) in [6.45, 7) is 1.83. The Bertz CT molecular complexity index is 1290. The Kier molecular flexibility index (Phi) is 5.67. The van der Waals surface area contributed by atoms with Gasteiger partial charge in [0, 0.05) is 10.7 Å². The topological polar surface area (TPSA) is 82.4 Å². The lowest BCUT2D eigenvalue weighted by atomic mass is 10.0. The van der Waals surface area contributed by atoms with Crippen molar-refractivity contribution in [2.45, 2.75) is 6.92 Å². The molecule has 0 unspecified atom stereocenters. The quantitative estimate of drug-likeness (QED) is 0.565. The van der Waals surface area contributed by atoms with Crippen LogP contribution >= 0.6 is 11.6 Å². The second kappa shape index (κ2) is 8.58. The SMILES string of the molecule is COc1ccc(C2=C(Nc3cccc(Cl)c3C)C(=O)N(c3ccc(C#N)cc3)C2=O)cc1. The number of carbonyl (C=O) groups excluding carboxylic acids is 2. The largest absolute Gasteiger partial charge is 0.497 e. The van der Waals surface area contributed by atoms with Gasteiger partial charge in [0.15, 0.2) is 0 Å². The number of amides is 2. The molecule has 4 rings (SSSR count). The second-order valence-corrected chi connectivity index (χ2v) is 7.53. The fraction of sp³-hybridized carbons (Fsp3) is 0.0800. The number of methoxy groups -OCH3 is 1. The maximum Gasteiger partial charge on any atom is 0.282 e. The fourth-order valence-corrected chi connectivity index (χ4v) is 3.64. The summed E-state index contributed by atoms with van der Waals surface area (Å²) in [5.41, 5.74) is 3.15. The van der Waals surface area contributed by atoms with E-state index in [-0.39, 0.29) is 11.3 Å². The standard InChI is InChI=1S/C25H18ClN3O3/c1-15-20(26)4-3-5-21(15)28-23-22(17-8-12-19(32-2)13-9-17)24(30)29(25(23)31)18-10-6-16(14-27)7-11-18/h3-13,28H,1-2H3. The van der Waals surface area contributed by atoms with Crippen molar-refractivity contribution < 1.29 is 14.3 Å². The molecular weight excluding hydrogens is 426 g/mol. The molecule has 2 amide bonds.